The Balaban J connectivity index is 1.54. The molecular weight excluding hydrogens is 306 g/mol. The van der Waals surface area contributed by atoms with E-state index in [2.05, 4.69) is 10.1 Å². The molecule has 1 amide bonds. The van der Waals surface area contributed by atoms with Crippen LogP contribution in [-0.4, -0.2) is 27.5 Å². The molecule has 0 radical (unpaired) electrons. The second kappa shape index (κ2) is 5.76. The van der Waals surface area contributed by atoms with Gasteiger partial charge in [-0.3, -0.25) is 4.79 Å². The number of hydrogen-bond donors (Lipinski definition) is 0. The van der Waals surface area contributed by atoms with Gasteiger partial charge in [-0.1, -0.05) is 5.16 Å². The normalized spacial score (nSPS) is 22.1. The van der Waals surface area contributed by atoms with Crippen molar-refractivity contribution in [1.29, 1.82) is 0 Å². The highest BCUT2D eigenvalue weighted by Crippen LogP contribution is 2.40. The molecular formula is C18H23N3O3. The zero-order valence-corrected chi connectivity index (χ0v) is 14.4. The van der Waals surface area contributed by atoms with Crippen molar-refractivity contribution in [3.63, 3.8) is 0 Å². The van der Waals surface area contributed by atoms with E-state index in [0.29, 0.717) is 11.7 Å². The fourth-order valence-corrected chi connectivity index (χ4v) is 3.64. The SMILES string of the molecule is Cc1cc([C@H](C)C(=O)N2CCC[C@H]2c2noc(C3CC3)n2)c(C)o1. The van der Waals surface area contributed by atoms with Gasteiger partial charge in [0, 0.05) is 18.0 Å². The van der Waals surface area contributed by atoms with Gasteiger partial charge in [0.2, 0.25) is 11.8 Å². The van der Waals surface area contributed by atoms with Crippen LogP contribution in [0.1, 0.15) is 79.3 Å². The standard InChI is InChI=1S/C18H23N3O3/c1-10-9-14(12(3)23-10)11(2)18(22)21-8-4-5-15(21)16-19-17(24-20-16)13-6-7-13/h9,11,13,15H,4-8H2,1-3H3/t11-,15-/m0/s1. The Morgan fingerprint density at radius 3 is 2.79 bits per heavy atom. The predicted octanol–water partition coefficient (Wildman–Crippen LogP) is 3.62. The van der Waals surface area contributed by atoms with Crippen LogP contribution in [0.2, 0.25) is 0 Å². The van der Waals surface area contributed by atoms with Crippen LogP contribution in [0.3, 0.4) is 0 Å². The van der Waals surface area contributed by atoms with Crippen LogP contribution in [0.5, 0.6) is 0 Å². The lowest BCUT2D eigenvalue weighted by Crippen LogP contribution is -2.34. The lowest BCUT2D eigenvalue weighted by Gasteiger charge is -2.25. The predicted molar refractivity (Wildman–Crippen MR) is 86.6 cm³/mol. The summed E-state index contributed by atoms with van der Waals surface area (Å²) in [4.78, 5) is 19.5. The second-order valence-electron chi connectivity index (χ2n) is 7.05. The smallest absolute Gasteiger partial charge is 0.230 e. The average Bonchev–Trinajstić information content (AvgIpc) is 2.99. The Morgan fingerprint density at radius 1 is 1.33 bits per heavy atom. The fourth-order valence-electron chi connectivity index (χ4n) is 3.64. The summed E-state index contributed by atoms with van der Waals surface area (Å²) < 4.78 is 11.0. The van der Waals surface area contributed by atoms with E-state index in [0.717, 1.165) is 55.2 Å². The largest absolute Gasteiger partial charge is 0.466 e. The Hall–Kier alpha value is -2.11. The molecule has 1 aliphatic heterocycles. The van der Waals surface area contributed by atoms with Gasteiger partial charge in [0.05, 0.1) is 12.0 Å². The van der Waals surface area contributed by atoms with Crippen molar-refractivity contribution >= 4 is 5.91 Å². The van der Waals surface area contributed by atoms with Gasteiger partial charge in [0.15, 0.2) is 5.82 Å². The van der Waals surface area contributed by atoms with Crippen molar-refractivity contribution in [3.05, 3.63) is 34.9 Å². The molecule has 24 heavy (non-hydrogen) atoms. The first-order chi connectivity index (χ1) is 11.5. The van der Waals surface area contributed by atoms with Gasteiger partial charge >= 0.3 is 0 Å². The summed E-state index contributed by atoms with van der Waals surface area (Å²) in [5.74, 6) is 3.38. The number of furan rings is 1. The summed E-state index contributed by atoms with van der Waals surface area (Å²) >= 11 is 0. The summed E-state index contributed by atoms with van der Waals surface area (Å²) in [5.41, 5.74) is 0.968. The van der Waals surface area contributed by atoms with E-state index in [1.165, 1.54) is 0 Å². The first-order valence-corrected chi connectivity index (χ1v) is 8.75. The summed E-state index contributed by atoms with van der Waals surface area (Å²) in [5, 5.41) is 4.15. The van der Waals surface area contributed by atoms with Gasteiger partial charge in [-0.05, 0) is 52.5 Å². The molecule has 1 aliphatic carbocycles. The number of hydrogen-bond acceptors (Lipinski definition) is 5. The highest BCUT2D eigenvalue weighted by molar-refractivity contribution is 5.84. The minimum absolute atomic E-state index is 0.0653. The van der Waals surface area contributed by atoms with Crippen molar-refractivity contribution in [2.45, 2.75) is 64.3 Å². The molecule has 3 heterocycles. The minimum atomic E-state index is -0.224. The molecule has 0 N–H and O–H groups in total. The molecule has 6 nitrogen and oxygen atoms in total. The number of carbonyl (C=O) groups excluding carboxylic acids is 1. The van der Waals surface area contributed by atoms with Gasteiger partial charge in [-0.2, -0.15) is 4.98 Å². The number of carbonyl (C=O) groups is 1. The quantitative estimate of drug-likeness (QED) is 0.856. The summed E-state index contributed by atoms with van der Waals surface area (Å²) in [7, 11) is 0. The zero-order valence-electron chi connectivity index (χ0n) is 14.4. The first kappa shape index (κ1) is 15.4. The van der Waals surface area contributed by atoms with Crippen LogP contribution in [0.4, 0.5) is 0 Å². The lowest BCUT2D eigenvalue weighted by atomic mass is 9.99. The van der Waals surface area contributed by atoms with Crippen LogP contribution < -0.4 is 0 Å². The molecule has 0 aromatic carbocycles. The molecule has 0 unspecified atom stereocenters. The molecule has 128 valence electrons. The van der Waals surface area contributed by atoms with E-state index < -0.39 is 0 Å². The summed E-state index contributed by atoms with van der Waals surface area (Å²) in [6.45, 7) is 6.51. The third kappa shape index (κ3) is 2.64. The van der Waals surface area contributed by atoms with Crippen molar-refractivity contribution < 1.29 is 13.7 Å². The molecule has 2 aliphatic rings. The maximum atomic E-state index is 13.0. The van der Waals surface area contributed by atoms with Crippen molar-refractivity contribution in [2.24, 2.45) is 0 Å². The number of rotatable bonds is 4. The van der Waals surface area contributed by atoms with Crippen LogP contribution in [0, 0.1) is 13.8 Å². The fraction of sp³-hybridized carbons (Fsp3) is 0.611. The Kier molecular flexibility index (Phi) is 3.70. The minimum Gasteiger partial charge on any atom is -0.466 e. The van der Waals surface area contributed by atoms with Gasteiger partial charge in [-0.15, -0.1) is 0 Å². The molecule has 0 bridgehead atoms. The summed E-state index contributed by atoms with van der Waals surface area (Å²) in [6.07, 6.45) is 4.13. The molecule has 2 atom stereocenters. The van der Waals surface area contributed by atoms with E-state index in [9.17, 15) is 4.79 Å². The second-order valence-corrected chi connectivity index (χ2v) is 7.05. The van der Waals surface area contributed by atoms with Crippen LogP contribution in [-0.2, 0) is 4.79 Å². The molecule has 2 fully saturated rings. The number of aromatic nitrogens is 2. The van der Waals surface area contributed by atoms with Crippen molar-refractivity contribution in [1.82, 2.24) is 15.0 Å². The van der Waals surface area contributed by atoms with Gasteiger partial charge < -0.3 is 13.8 Å². The van der Waals surface area contributed by atoms with Gasteiger partial charge in [0.1, 0.15) is 11.5 Å². The molecule has 2 aromatic rings. The highest BCUT2D eigenvalue weighted by Gasteiger charge is 2.38. The van der Waals surface area contributed by atoms with Gasteiger partial charge in [0.25, 0.3) is 0 Å². The molecule has 0 spiro atoms. The van der Waals surface area contributed by atoms with Gasteiger partial charge in [-0.25, -0.2) is 0 Å². The number of nitrogens with zero attached hydrogens (tertiary/aromatic N) is 3. The molecule has 1 saturated heterocycles. The molecule has 1 saturated carbocycles. The average molecular weight is 329 g/mol. The third-order valence-electron chi connectivity index (χ3n) is 5.13. The number of amides is 1. The summed E-state index contributed by atoms with van der Waals surface area (Å²) in [6, 6.07) is 1.90. The van der Waals surface area contributed by atoms with Crippen molar-refractivity contribution in [3.8, 4) is 0 Å². The Labute approximate surface area is 141 Å². The lowest BCUT2D eigenvalue weighted by molar-refractivity contribution is -0.133. The molecule has 2 aromatic heterocycles. The first-order valence-electron chi connectivity index (χ1n) is 8.75. The topological polar surface area (TPSA) is 72.4 Å². The van der Waals surface area contributed by atoms with Crippen LogP contribution in [0.15, 0.2) is 15.0 Å². The zero-order chi connectivity index (χ0) is 16.8. The highest BCUT2D eigenvalue weighted by atomic mass is 16.5. The van der Waals surface area contributed by atoms with E-state index in [-0.39, 0.29) is 17.9 Å². The third-order valence-corrected chi connectivity index (χ3v) is 5.13. The van der Waals surface area contributed by atoms with E-state index in [4.69, 9.17) is 8.94 Å². The maximum Gasteiger partial charge on any atom is 0.230 e. The molecule has 6 heteroatoms. The van der Waals surface area contributed by atoms with Crippen molar-refractivity contribution in [2.75, 3.05) is 6.54 Å². The van der Waals surface area contributed by atoms with E-state index in [1.807, 2.05) is 31.7 Å². The maximum absolute atomic E-state index is 13.0. The van der Waals surface area contributed by atoms with Crippen LogP contribution in [0.25, 0.3) is 0 Å². The molecule has 4 rings (SSSR count). The Morgan fingerprint density at radius 2 is 2.12 bits per heavy atom. The number of aryl methyl sites for hydroxylation is 2. The Bertz CT molecular complexity index is 759. The number of likely N-dealkylation sites (tertiary alicyclic amines) is 1. The van der Waals surface area contributed by atoms with E-state index >= 15 is 0 Å². The monoisotopic (exact) mass is 329 g/mol. The van der Waals surface area contributed by atoms with Crippen LogP contribution >= 0.6 is 0 Å². The van der Waals surface area contributed by atoms with E-state index in [1.54, 1.807) is 0 Å².